The van der Waals surface area contributed by atoms with Crippen LogP contribution < -0.4 is 10.1 Å². The monoisotopic (exact) mass is 366 g/mol. The second-order valence-electron chi connectivity index (χ2n) is 7.07. The molecule has 140 valence electrons. The van der Waals surface area contributed by atoms with E-state index < -0.39 is 0 Å². The number of carbonyl (C=O) groups is 1. The third-order valence-electron chi connectivity index (χ3n) is 5.14. The van der Waals surface area contributed by atoms with Crippen LogP contribution >= 0.6 is 0 Å². The summed E-state index contributed by atoms with van der Waals surface area (Å²) >= 11 is 0. The van der Waals surface area contributed by atoms with E-state index in [0.717, 1.165) is 30.2 Å². The van der Waals surface area contributed by atoms with Crippen molar-refractivity contribution >= 4 is 22.7 Å². The first-order valence-electron chi connectivity index (χ1n) is 9.20. The zero-order valence-electron chi connectivity index (χ0n) is 15.4. The standard InChI is InChI=1S/C20H22N4O3/c1-12-3-5-13(6-4-12)20-24-15-9-17(26-2)14(10-18(15)27-20)23-19(25)16-11-21-7-8-22-16/h7-13H,3-6H2,1-2H3,(H,23,25). The number of amides is 1. The molecule has 1 saturated carbocycles. The van der Waals surface area contributed by atoms with E-state index in [1.807, 2.05) is 0 Å². The minimum Gasteiger partial charge on any atom is -0.494 e. The third kappa shape index (κ3) is 3.63. The molecule has 0 spiro atoms. The molecule has 0 bridgehead atoms. The molecule has 2 heterocycles. The van der Waals surface area contributed by atoms with Gasteiger partial charge in [-0.05, 0) is 31.6 Å². The maximum Gasteiger partial charge on any atom is 0.275 e. The first-order valence-corrected chi connectivity index (χ1v) is 9.20. The van der Waals surface area contributed by atoms with E-state index in [1.165, 1.54) is 31.4 Å². The molecule has 0 atom stereocenters. The molecule has 27 heavy (non-hydrogen) atoms. The van der Waals surface area contributed by atoms with Gasteiger partial charge < -0.3 is 14.5 Å². The van der Waals surface area contributed by atoms with E-state index in [9.17, 15) is 4.79 Å². The number of carbonyl (C=O) groups excluding carboxylic acids is 1. The van der Waals surface area contributed by atoms with E-state index in [2.05, 4.69) is 27.2 Å². The summed E-state index contributed by atoms with van der Waals surface area (Å²) in [7, 11) is 1.56. The number of fused-ring (bicyclic) bond motifs is 1. The van der Waals surface area contributed by atoms with Crippen LogP contribution in [-0.4, -0.2) is 28.0 Å². The molecule has 1 aliphatic carbocycles. The summed E-state index contributed by atoms with van der Waals surface area (Å²) in [6, 6.07) is 3.55. The number of methoxy groups -OCH3 is 1. The normalized spacial score (nSPS) is 19.8. The average Bonchev–Trinajstić information content (AvgIpc) is 3.11. The van der Waals surface area contributed by atoms with Gasteiger partial charge in [0.25, 0.3) is 5.91 Å². The van der Waals surface area contributed by atoms with Gasteiger partial charge in [0.05, 0.1) is 19.0 Å². The predicted octanol–water partition coefficient (Wildman–Crippen LogP) is 4.17. The molecule has 1 aliphatic rings. The van der Waals surface area contributed by atoms with E-state index in [-0.39, 0.29) is 11.6 Å². The molecule has 1 N–H and O–H groups in total. The Morgan fingerprint density at radius 2 is 2.04 bits per heavy atom. The zero-order valence-corrected chi connectivity index (χ0v) is 15.4. The van der Waals surface area contributed by atoms with E-state index in [0.29, 0.717) is 22.9 Å². The molecule has 3 aromatic rings. The second kappa shape index (κ2) is 7.34. The van der Waals surface area contributed by atoms with Gasteiger partial charge in [0.2, 0.25) is 0 Å². The van der Waals surface area contributed by atoms with Gasteiger partial charge in [-0.1, -0.05) is 6.92 Å². The van der Waals surface area contributed by atoms with E-state index in [4.69, 9.17) is 9.15 Å². The number of hydrogen-bond donors (Lipinski definition) is 1. The molecule has 2 aromatic heterocycles. The maximum atomic E-state index is 12.4. The van der Waals surface area contributed by atoms with Crippen molar-refractivity contribution in [3.63, 3.8) is 0 Å². The Labute approximate surface area is 157 Å². The largest absolute Gasteiger partial charge is 0.494 e. The fourth-order valence-electron chi connectivity index (χ4n) is 3.52. The summed E-state index contributed by atoms with van der Waals surface area (Å²) in [5.74, 6) is 2.07. The molecule has 1 fully saturated rings. The van der Waals surface area contributed by atoms with Gasteiger partial charge >= 0.3 is 0 Å². The lowest BCUT2D eigenvalue weighted by molar-refractivity contribution is 0.102. The number of benzene rings is 1. The Bertz CT molecular complexity index is 947. The second-order valence-corrected chi connectivity index (χ2v) is 7.07. The van der Waals surface area contributed by atoms with Crippen LogP contribution in [0.3, 0.4) is 0 Å². The number of rotatable bonds is 4. The van der Waals surface area contributed by atoms with Crippen molar-refractivity contribution in [1.29, 1.82) is 0 Å². The third-order valence-corrected chi connectivity index (χ3v) is 5.14. The molecule has 0 aliphatic heterocycles. The molecule has 0 saturated heterocycles. The minimum absolute atomic E-state index is 0.231. The molecular formula is C20H22N4O3. The van der Waals surface area contributed by atoms with E-state index >= 15 is 0 Å². The Hall–Kier alpha value is -2.96. The number of nitrogens with one attached hydrogen (secondary N) is 1. The fourth-order valence-corrected chi connectivity index (χ4v) is 3.52. The Morgan fingerprint density at radius 1 is 1.22 bits per heavy atom. The average molecular weight is 366 g/mol. The van der Waals surface area contributed by atoms with Crippen LogP contribution in [0.5, 0.6) is 5.75 Å². The quantitative estimate of drug-likeness (QED) is 0.745. The van der Waals surface area contributed by atoms with Gasteiger partial charge in [0.15, 0.2) is 11.5 Å². The lowest BCUT2D eigenvalue weighted by Gasteiger charge is -2.23. The van der Waals surface area contributed by atoms with Crippen molar-refractivity contribution in [3.05, 3.63) is 42.3 Å². The van der Waals surface area contributed by atoms with Gasteiger partial charge in [0, 0.05) is 30.4 Å². The molecule has 1 amide bonds. The van der Waals surface area contributed by atoms with Gasteiger partial charge in [0.1, 0.15) is 17.0 Å². The molecule has 7 nitrogen and oxygen atoms in total. The summed E-state index contributed by atoms with van der Waals surface area (Å²) < 4.78 is 11.5. The zero-order chi connectivity index (χ0) is 18.8. The van der Waals surface area contributed by atoms with Crippen LogP contribution in [0.2, 0.25) is 0 Å². The number of anilines is 1. The highest BCUT2D eigenvalue weighted by molar-refractivity contribution is 6.04. The van der Waals surface area contributed by atoms with Crippen molar-refractivity contribution in [2.45, 2.75) is 38.5 Å². The minimum atomic E-state index is -0.359. The van der Waals surface area contributed by atoms with Gasteiger partial charge in [-0.15, -0.1) is 0 Å². The number of oxazole rings is 1. The fraction of sp³-hybridized carbons (Fsp3) is 0.400. The van der Waals surface area contributed by atoms with Gasteiger partial charge in [-0.3, -0.25) is 9.78 Å². The SMILES string of the molecule is COc1cc2nc(C3CCC(C)CC3)oc2cc1NC(=O)c1cnccn1. The van der Waals surface area contributed by atoms with Crippen molar-refractivity contribution in [2.24, 2.45) is 5.92 Å². The lowest BCUT2D eigenvalue weighted by atomic mass is 9.83. The van der Waals surface area contributed by atoms with Crippen LogP contribution in [0.1, 0.15) is 54.9 Å². The smallest absolute Gasteiger partial charge is 0.275 e. The maximum absolute atomic E-state index is 12.4. The summed E-state index contributed by atoms with van der Waals surface area (Å²) in [6.45, 7) is 2.29. The summed E-state index contributed by atoms with van der Waals surface area (Å²) in [5.41, 5.74) is 2.12. The summed E-state index contributed by atoms with van der Waals surface area (Å²) in [5, 5.41) is 2.81. The lowest BCUT2D eigenvalue weighted by Crippen LogP contribution is -2.14. The Morgan fingerprint density at radius 3 is 2.74 bits per heavy atom. The molecule has 0 unspecified atom stereocenters. The predicted molar refractivity (Wildman–Crippen MR) is 101 cm³/mol. The van der Waals surface area contributed by atoms with E-state index in [1.54, 1.807) is 19.2 Å². The van der Waals surface area contributed by atoms with Gasteiger partial charge in [-0.25, -0.2) is 9.97 Å². The van der Waals surface area contributed by atoms with Crippen molar-refractivity contribution in [1.82, 2.24) is 15.0 Å². The summed E-state index contributed by atoms with van der Waals surface area (Å²) in [4.78, 5) is 25.0. The number of nitrogens with zero attached hydrogens (tertiary/aromatic N) is 3. The first kappa shape index (κ1) is 17.5. The summed E-state index contributed by atoms with van der Waals surface area (Å²) in [6.07, 6.45) is 9.01. The highest BCUT2D eigenvalue weighted by Crippen LogP contribution is 2.38. The van der Waals surface area contributed by atoms with Crippen LogP contribution in [0.25, 0.3) is 11.1 Å². The number of hydrogen-bond acceptors (Lipinski definition) is 6. The van der Waals surface area contributed by atoms with Crippen molar-refractivity contribution in [2.75, 3.05) is 12.4 Å². The first-order chi connectivity index (χ1) is 13.1. The molecule has 7 heteroatoms. The van der Waals surface area contributed by atoms with Crippen molar-refractivity contribution in [3.8, 4) is 5.75 Å². The van der Waals surface area contributed by atoms with Crippen LogP contribution in [0, 0.1) is 5.92 Å². The molecule has 1 aromatic carbocycles. The highest BCUT2D eigenvalue weighted by Gasteiger charge is 2.24. The number of aromatic nitrogens is 3. The Balaban J connectivity index is 1.62. The molecule has 4 rings (SSSR count). The van der Waals surface area contributed by atoms with Crippen molar-refractivity contribution < 1.29 is 13.9 Å². The van der Waals surface area contributed by atoms with Gasteiger partial charge in [-0.2, -0.15) is 0 Å². The van der Waals surface area contributed by atoms with Crippen LogP contribution in [0.4, 0.5) is 5.69 Å². The molecular weight excluding hydrogens is 344 g/mol. The van der Waals surface area contributed by atoms with Crippen LogP contribution in [0.15, 0.2) is 35.1 Å². The highest BCUT2D eigenvalue weighted by atomic mass is 16.5. The molecule has 0 radical (unpaired) electrons. The number of ether oxygens (including phenoxy) is 1. The van der Waals surface area contributed by atoms with Crippen LogP contribution in [-0.2, 0) is 0 Å². The topological polar surface area (TPSA) is 90.1 Å². The Kier molecular flexibility index (Phi) is 4.75.